The lowest BCUT2D eigenvalue weighted by molar-refractivity contribution is 0.102. The van der Waals surface area contributed by atoms with Crippen LogP contribution in [-0.4, -0.2) is 26.2 Å². The zero-order chi connectivity index (χ0) is 19.0. The summed E-state index contributed by atoms with van der Waals surface area (Å²) in [6.07, 6.45) is 0. The predicted molar refractivity (Wildman–Crippen MR) is 92.0 cm³/mol. The van der Waals surface area contributed by atoms with Gasteiger partial charge in [0.1, 0.15) is 39.7 Å². The number of nitrogens with two attached hydrogens (primary N) is 1. The fraction of sp³-hybridized carbons (Fsp3) is 0.0625. The van der Waals surface area contributed by atoms with E-state index in [0.29, 0.717) is 5.69 Å². The molecule has 0 radical (unpaired) electrons. The van der Waals surface area contributed by atoms with E-state index in [2.05, 4.69) is 20.5 Å². The van der Waals surface area contributed by atoms with Crippen LogP contribution in [0.25, 0.3) is 11.3 Å². The Kier molecular flexibility index (Phi) is 4.47. The summed E-state index contributed by atoms with van der Waals surface area (Å²) in [6.45, 7) is 1.59. The molecule has 3 aromatic rings. The molecule has 2 aromatic heterocycles. The molecule has 0 saturated heterocycles. The van der Waals surface area contributed by atoms with Gasteiger partial charge in [-0.1, -0.05) is 11.6 Å². The maximum atomic E-state index is 14.4. The van der Waals surface area contributed by atoms with Crippen LogP contribution >= 0.6 is 11.6 Å². The molecule has 0 atom stereocenters. The highest BCUT2D eigenvalue weighted by molar-refractivity contribution is 6.33. The molecule has 0 spiro atoms. The van der Waals surface area contributed by atoms with Gasteiger partial charge in [0.05, 0.1) is 11.3 Å². The van der Waals surface area contributed by atoms with Gasteiger partial charge in [0, 0.05) is 5.56 Å². The van der Waals surface area contributed by atoms with Gasteiger partial charge >= 0.3 is 0 Å². The summed E-state index contributed by atoms with van der Waals surface area (Å²) in [4.78, 5) is 16.0. The summed E-state index contributed by atoms with van der Waals surface area (Å²) >= 11 is 5.85. The Morgan fingerprint density at radius 3 is 2.69 bits per heavy atom. The van der Waals surface area contributed by atoms with E-state index in [0.717, 1.165) is 18.2 Å². The number of aromatic amines is 1. The first-order chi connectivity index (χ1) is 12.3. The summed E-state index contributed by atoms with van der Waals surface area (Å²) in [6, 6.07) is 3.92. The number of carbonyl (C=O) groups is 1. The maximum Gasteiger partial charge on any atom is 0.259 e. The monoisotopic (exact) mass is 379 g/mol. The van der Waals surface area contributed by atoms with E-state index in [-0.39, 0.29) is 33.5 Å². The van der Waals surface area contributed by atoms with Crippen molar-refractivity contribution in [2.24, 2.45) is 0 Å². The summed E-state index contributed by atoms with van der Waals surface area (Å²) in [5.74, 6) is -3.19. The van der Waals surface area contributed by atoms with Crippen LogP contribution in [0.5, 0.6) is 5.75 Å². The quantitative estimate of drug-likeness (QED) is 0.557. The smallest absolute Gasteiger partial charge is 0.259 e. The van der Waals surface area contributed by atoms with Crippen LogP contribution in [-0.2, 0) is 0 Å². The van der Waals surface area contributed by atoms with Crippen molar-refractivity contribution in [3.05, 3.63) is 52.3 Å². The van der Waals surface area contributed by atoms with E-state index in [9.17, 15) is 18.7 Å². The number of aryl methyl sites for hydroxylation is 1. The van der Waals surface area contributed by atoms with Gasteiger partial charge in [0.15, 0.2) is 0 Å². The summed E-state index contributed by atoms with van der Waals surface area (Å²) < 4.78 is 28.3. The summed E-state index contributed by atoms with van der Waals surface area (Å²) in [7, 11) is 0. The van der Waals surface area contributed by atoms with Crippen LogP contribution in [0.4, 0.5) is 20.3 Å². The van der Waals surface area contributed by atoms with Gasteiger partial charge in [-0.15, -0.1) is 0 Å². The first kappa shape index (κ1) is 17.6. The highest BCUT2D eigenvalue weighted by Gasteiger charge is 2.21. The number of nitrogen functional groups attached to an aromatic ring is 1. The molecular formula is C16H12ClF2N5O2. The van der Waals surface area contributed by atoms with Crippen molar-refractivity contribution < 1.29 is 18.7 Å². The third-order valence-corrected chi connectivity index (χ3v) is 3.87. The Morgan fingerprint density at radius 2 is 2.04 bits per heavy atom. The molecule has 1 aromatic carbocycles. The molecule has 0 aliphatic carbocycles. The maximum absolute atomic E-state index is 14.4. The molecule has 0 bridgehead atoms. The van der Waals surface area contributed by atoms with Gasteiger partial charge in [0.25, 0.3) is 5.91 Å². The molecule has 26 heavy (non-hydrogen) atoms. The van der Waals surface area contributed by atoms with Crippen LogP contribution in [0, 0.1) is 18.6 Å². The number of carbonyl (C=O) groups excluding carboxylic acids is 1. The molecule has 2 heterocycles. The number of nitrogens with zero attached hydrogens (tertiary/aromatic N) is 2. The minimum Gasteiger partial charge on any atom is -0.507 e. The Morgan fingerprint density at radius 1 is 1.31 bits per heavy atom. The Bertz CT molecular complexity index is 1000. The van der Waals surface area contributed by atoms with E-state index < -0.39 is 23.3 Å². The van der Waals surface area contributed by atoms with Crippen LogP contribution in [0.15, 0.2) is 24.3 Å². The number of pyridine rings is 1. The minimum atomic E-state index is -0.958. The number of phenols is 1. The topological polar surface area (TPSA) is 117 Å². The number of aromatic hydroxyl groups is 1. The number of benzene rings is 1. The van der Waals surface area contributed by atoms with Crippen molar-refractivity contribution >= 4 is 29.0 Å². The van der Waals surface area contributed by atoms with Gasteiger partial charge < -0.3 is 16.2 Å². The first-order valence-electron chi connectivity index (χ1n) is 7.24. The minimum absolute atomic E-state index is 0.0211. The molecular weight excluding hydrogens is 368 g/mol. The number of amides is 1. The Hall–Kier alpha value is -3.20. The van der Waals surface area contributed by atoms with E-state index in [4.69, 9.17) is 17.3 Å². The molecule has 0 aliphatic heterocycles. The van der Waals surface area contributed by atoms with Crippen molar-refractivity contribution in [2.45, 2.75) is 6.92 Å². The summed E-state index contributed by atoms with van der Waals surface area (Å²) in [5.41, 5.74) is 5.02. The number of nitrogens with one attached hydrogen (secondary N) is 2. The van der Waals surface area contributed by atoms with Gasteiger partial charge in [-0.3, -0.25) is 9.89 Å². The number of hydrogen-bond donors (Lipinski definition) is 4. The van der Waals surface area contributed by atoms with Gasteiger partial charge in [-0.2, -0.15) is 5.10 Å². The highest BCUT2D eigenvalue weighted by atomic mass is 35.5. The molecule has 0 aliphatic rings. The number of rotatable bonds is 3. The average molecular weight is 380 g/mol. The third kappa shape index (κ3) is 3.16. The molecule has 3 rings (SSSR count). The van der Waals surface area contributed by atoms with Gasteiger partial charge in [-0.25, -0.2) is 13.8 Å². The van der Waals surface area contributed by atoms with E-state index in [1.807, 2.05) is 0 Å². The van der Waals surface area contributed by atoms with Gasteiger partial charge in [-0.05, 0) is 31.2 Å². The SMILES string of the molecule is Cc1n[nH]c(Cl)c1NC(=O)c1cc(F)c(-c2nc(N)ccc2F)cc1O. The standard InChI is InChI=1S/C16H12ClF2N5O2/c1-6-13(15(17)24-23-6)22-16(26)8-4-10(19)7(5-11(8)25)14-9(18)2-3-12(20)21-14/h2-5,25H,1H3,(H2,20,21)(H,22,26)(H,23,24). The largest absolute Gasteiger partial charge is 0.507 e. The lowest BCUT2D eigenvalue weighted by Gasteiger charge is -2.10. The van der Waals surface area contributed by atoms with Crippen molar-refractivity contribution in [1.29, 1.82) is 0 Å². The molecule has 0 saturated carbocycles. The number of anilines is 2. The summed E-state index contributed by atoms with van der Waals surface area (Å²) in [5, 5.41) is 18.9. The van der Waals surface area contributed by atoms with Crippen LogP contribution in [0.2, 0.25) is 5.15 Å². The van der Waals surface area contributed by atoms with Gasteiger partial charge in [0.2, 0.25) is 0 Å². The van der Waals surface area contributed by atoms with Crippen molar-refractivity contribution in [1.82, 2.24) is 15.2 Å². The zero-order valence-corrected chi connectivity index (χ0v) is 14.0. The lowest BCUT2D eigenvalue weighted by atomic mass is 10.0. The highest BCUT2D eigenvalue weighted by Crippen LogP contribution is 2.32. The number of H-pyrrole nitrogens is 1. The van der Waals surface area contributed by atoms with E-state index >= 15 is 0 Å². The second-order valence-corrected chi connectivity index (χ2v) is 5.75. The zero-order valence-electron chi connectivity index (χ0n) is 13.3. The average Bonchev–Trinajstić information content (AvgIpc) is 2.90. The number of aromatic nitrogens is 3. The molecule has 5 N–H and O–H groups in total. The van der Waals surface area contributed by atoms with Crippen molar-refractivity contribution in [3.8, 4) is 17.0 Å². The molecule has 10 heteroatoms. The second kappa shape index (κ2) is 6.60. The van der Waals surface area contributed by atoms with E-state index in [1.165, 1.54) is 6.07 Å². The van der Waals surface area contributed by atoms with Crippen molar-refractivity contribution in [3.63, 3.8) is 0 Å². The van der Waals surface area contributed by atoms with Crippen LogP contribution in [0.1, 0.15) is 16.1 Å². The van der Waals surface area contributed by atoms with Crippen LogP contribution in [0.3, 0.4) is 0 Å². The molecule has 1 amide bonds. The number of halogens is 3. The molecule has 0 unspecified atom stereocenters. The Labute approximate surface area is 150 Å². The van der Waals surface area contributed by atoms with Crippen molar-refractivity contribution in [2.75, 3.05) is 11.1 Å². The molecule has 134 valence electrons. The molecule has 0 fully saturated rings. The number of hydrogen-bond acceptors (Lipinski definition) is 5. The number of phenolic OH excluding ortho intramolecular Hbond substituents is 1. The fourth-order valence-corrected chi connectivity index (χ4v) is 2.53. The fourth-order valence-electron chi connectivity index (χ4n) is 2.30. The molecule has 7 nitrogen and oxygen atoms in total. The third-order valence-electron chi connectivity index (χ3n) is 3.59. The second-order valence-electron chi connectivity index (χ2n) is 5.37. The lowest BCUT2D eigenvalue weighted by Crippen LogP contribution is -2.13. The van der Waals surface area contributed by atoms with E-state index in [1.54, 1.807) is 6.92 Å². The first-order valence-corrected chi connectivity index (χ1v) is 7.62. The van der Waals surface area contributed by atoms with Crippen LogP contribution < -0.4 is 11.1 Å². The predicted octanol–water partition coefficient (Wildman–Crippen LogP) is 3.25. The normalized spacial score (nSPS) is 10.8. The Balaban J connectivity index is 2.00.